The number of piperidine rings is 1. The molecule has 2 heterocycles. The minimum Gasteiger partial charge on any atom is -0.496 e. The van der Waals surface area contributed by atoms with Crippen LogP contribution in [0.15, 0.2) is 23.1 Å². The van der Waals surface area contributed by atoms with Crippen LogP contribution >= 0.6 is 0 Å². The number of sulfonamides is 1. The minimum atomic E-state index is -3.51. The molecule has 2 aliphatic rings. The van der Waals surface area contributed by atoms with Crippen LogP contribution < -0.4 is 10.1 Å². The number of carbonyl (C=O) groups is 1. The highest BCUT2D eigenvalue weighted by molar-refractivity contribution is 7.89. The number of nitrogens with one attached hydrogen (secondary N) is 1. The van der Waals surface area contributed by atoms with Gasteiger partial charge in [0.15, 0.2) is 0 Å². The number of amides is 1. The van der Waals surface area contributed by atoms with Crippen LogP contribution in [0.25, 0.3) is 0 Å². The molecule has 0 spiro atoms. The van der Waals surface area contributed by atoms with Gasteiger partial charge in [-0.25, -0.2) is 8.42 Å². The second-order valence-corrected chi connectivity index (χ2v) is 9.32. The Morgan fingerprint density at radius 1 is 1.25 bits per heavy atom. The van der Waals surface area contributed by atoms with E-state index < -0.39 is 10.0 Å². The highest BCUT2D eigenvalue weighted by atomic mass is 32.2. The Morgan fingerprint density at radius 3 is 2.71 bits per heavy atom. The van der Waals surface area contributed by atoms with Gasteiger partial charge in [0, 0.05) is 32.7 Å². The van der Waals surface area contributed by atoms with Gasteiger partial charge in [0.05, 0.1) is 18.1 Å². The fraction of sp³-hybridized carbons (Fsp3) is 0.650. The van der Waals surface area contributed by atoms with Gasteiger partial charge in [0.25, 0.3) is 0 Å². The van der Waals surface area contributed by atoms with E-state index in [2.05, 4.69) is 5.32 Å². The van der Waals surface area contributed by atoms with Crippen LogP contribution in [-0.2, 0) is 26.0 Å². The van der Waals surface area contributed by atoms with Crippen LogP contribution in [0, 0.1) is 0 Å². The van der Waals surface area contributed by atoms with Gasteiger partial charge in [0.1, 0.15) is 5.75 Å². The Balaban J connectivity index is 1.64. The molecule has 0 saturated carbocycles. The predicted octanol–water partition coefficient (Wildman–Crippen LogP) is 2.10. The van der Waals surface area contributed by atoms with Crippen molar-refractivity contribution in [1.29, 1.82) is 0 Å². The van der Waals surface area contributed by atoms with E-state index in [4.69, 9.17) is 9.47 Å². The quantitative estimate of drug-likeness (QED) is 0.709. The summed E-state index contributed by atoms with van der Waals surface area (Å²) in [6.45, 7) is 2.42. The largest absolute Gasteiger partial charge is 0.496 e. The molecule has 0 aliphatic carbocycles. The first kappa shape index (κ1) is 21.1. The minimum absolute atomic E-state index is 0.0677. The molecule has 7 nitrogen and oxygen atoms in total. The number of benzene rings is 1. The second-order valence-electron chi connectivity index (χ2n) is 7.38. The molecule has 2 aliphatic heterocycles. The average Bonchev–Trinajstić information content (AvgIpc) is 3.24. The first-order valence-electron chi connectivity index (χ1n) is 10.1. The lowest BCUT2D eigenvalue weighted by Gasteiger charge is -2.26. The molecule has 156 valence electrons. The number of ether oxygens (including phenoxy) is 2. The SMILES string of the molecule is COc1ccc(S(=O)(=O)N2CCCCC2)cc1CCC(=O)NC[C@H]1CCCO1. The molecule has 2 fully saturated rings. The van der Waals surface area contributed by atoms with Gasteiger partial charge in [-0.2, -0.15) is 4.31 Å². The van der Waals surface area contributed by atoms with Crippen molar-refractivity contribution >= 4 is 15.9 Å². The molecule has 0 aromatic heterocycles. The molecular weight excluding hydrogens is 380 g/mol. The molecule has 8 heteroatoms. The lowest BCUT2D eigenvalue weighted by atomic mass is 10.1. The summed E-state index contributed by atoms with van der Waals surface area (Å²) in [6, 6.07) is 4.91. The molecule has 28 heavy (non-hydrogen) atoms. The van der Waals surface area contributed by atoms with Crippen LogP contribution in [0.2, 0.25) is 0 Å². The molecule has 2 saturated heterocycles. The Morgan fingerprint density at radius 2 is 2.04 bits per heavy atom. The van der Waals surface area contributed by atoms with Gasteiger partial charge in [-0.15, -0.1) is 0 Å². The zero-order valence-electron chi connectivity index (χ0n) is 16.5. The molecule has 1 N–H and O–H groups in total. The summed E-state index contributed by atoms with van der Waals surface area (Å²) < 4.78 is 38.3. The Labute approximate surface area is 167 Å². The molecular formula is C20H30N2O5S. The van der Waals surface area contributed by atoms with Gasteiger partial charge >= 0.3 is 0 Å². The van der Waals surface area contributed by atoms with E-state index in [1.165, 1.54) is 0 Å². The number of methoxy groups -OCH3 is 1. The van der Waals surface area contributed by atoms with E-state index in [1.807, 2.05) is 0 Å². The summed E-state index contributed by atoms with van der Waals surface area (Å²) in [5.41, 5.74) is 0.729. The van der Waals surface area contributed by atoms with Crippen molar-refractivity contribution in [3.05, 3.63) is 23.8 Å². The fourth-order valence-electron chi connectivity index (χ4n) is 3.73. The summed E-state index contributed by atoms with van der Waals surface area (Å²) >= 11 is 0. The van der Waals surface area contributed by atoms with Crippen LogP contribution in [0.1, 0.15) is 44.1 Å². The van der Waals surface area contributed by atoms with Crippen LogP contribution in [0.5, 0.6) is 5.75 Å². The summed E-state index contributed by atoms with van der Waals surface area (Å²) in [7, 11) is -1.96. The van der Waals surface area contributed by atoms with E-state index in [0.717, 1.165) is 44.3 Å². The number of aryl methyl sites for hydroxylation is 1. The highest BCUT2D eigenvalue weighted by Crippen LogP contribution is 2.27. The van der Waals surface area contributed by atoms with Crippen molar-refractivity contribution in [1.82, 2.24) is 9.62 Å². The maximum Gasteiger partial charge on any atom is 0.243 e. The zero-order valence-corrected chi connectivity index (χ0v) is 17.3. The molecule has 1 atom stereocenters. The van der Waals surface area contributed by atoms with Crippen LogP contribution in [0.4, 0.5) is 0 Å². The lowest BCUT2D eigenvalue weighted by Crippen LogP contribution is -2.35. The third-order valence-electron chi connectivity index (χ3n) is 5.38. The molecule has 0 unspecified atom stereocenters. The number of carbonyl (C=O) groups excluding carboxylic acids is 1. The molecule has 1 aromatic carbocycles. The summed E-state index contributed by atoms with van der Waals surface area (Å²) in [5, 5.41) is 2.90. The van der Waals surface area contributed by atoms with Crippen molar-refractivity contribution in [2.75, 3.05) is 33.4 Å². The maximum atomic E-state index is 12.9. The Bertz CT molecular complexity index is 769. The van der Waals surface area contributed by atoms with E-state index in [0.29, 0.717) is 31.8 Å². The molecule has 0 radical (unpaired) electrons. The molecule has 0 bridgehead atoms. The topological polar surface area (TPSA) is 84.9 Å². The highest BCUT2D eigenvalue weighted by Gasteiger charge is 2.26. The van der Waals surface area contributed by atoms with Gasteiger partial charge in [-0.05, 0) is 55.9 Å². The standard InChI is InChI=1S/C20H30N2O5S/c1-26-19-9-8-18(28(24,25)22-11-3-2-4-12-22)14-16(19)7-10-20(23)21-15-17-6-5-13-27-17/h8-9,14,17H,2-7,10-13,15H2,1H3,(H,21,23)/t17-/m1/s1. The number of rotatable bonds is 8. The Kier molecular flexibility index (Phi) is 7.31. The van der Waals surface area contributed by atoms with Gasteiger partial charge in [0.2, 0.25) is 15.9 Å². The van der Waals surface area contributed by atoms with E-state index in [1.54, 1.807) is 29.6 Å². The smallest absolute Gasteiger partial charge is 0.243 e. The third-order valence-corrected chi connectivity index (χ3v) is 7.27. The lowest BCUT2D eigenvalue weighted by molar-refractivity contribution is -0.121. The number of hydrogen-bond acceptors (Lipinski definition) is 5. The second kappa shape index (κ2) is 9.71. The van der Waals surface area contributed by atoms with Crippen molar-refractivity contribution in [2.45, 2.75) is 55.9 Å². The first-order valence-corrected chi connectivity index (χ1v) is 11.5. The number of nitrogens with zero attached hydrogens (tertiary/aromatic N) is 1. The van der Waals surface area contributed by atoms with E-state index >= 15 is 0 Å². The molecule has 1 amide bonds. The monoisotopic (exact) mass is 410 g/mol. The van der Waals surface area contributed by atoms with Crippen molar-refractivity contribution in [3.63, 3.8) is 0 Å². The summed E-state index contributed by atoms with van der Waals surface area (Å²) in [4.78, 5) is 12.4. The van der Waals surface area contributed by atoms with Crippen molar-refractivity contribution in [3.8, 4) is 5.75 Å². The zero-order chi connectivity index (χ0) is 20.0. The van der Waals surface area contributed by atoms with Gasteiger partial charge in [-0.3, -0.25) is 4.79 Å². The van der Waals surface area contributed by atoms with Crippen molar-refractivity contribution in [2.24, 2.45) is 0 Å². The molecule has 3 rings (SSSR count). The predicted molar refractivity (Wildman–Crippen MR) is 106 cm³/mol. The third kappa shape index (κ3) is 5.24. The maximum absolute atomic E-state index is 12.9. The fourth-order valence-corrected chi connectivity index (χ4v) is 5.30. The van der Waals surface area contributed by atoms with Crippen LogP contribution in [0.3, 0.4) is 0 Å². The first-order chi connectivity index (χ1) is 13.5. The van der Waals surface area contributed by atoms with Gasteiger partial charge < -0.3 is 14.8 Å². The average molecular weight is 411 g/mol. The van der Waals surface area contributed by atoms with Crippen LogP contribution in [-0.4, -0.2) is 58.1 Å². The summed E-state index contributed by atoms with van der Waals surface area (Å²) in [5.74, 6) is 0.534. The molecule has 1 aromatic rings. The Hall–Kier alpha value is -1.64. The van der Waals surface area contributed by atoms with Crippen molar-refractivity contribution < 1.29 is 22.7 Å². The number of hydrogen-bond donors (Lipinski definition) is 1. The van der Waals surface area contributed by atoms with E-state index in [9.17, 15) is 13.2 Å². The summed E-state index contributed by atoms with van der Waals surface area (Å²) in [6.07, 6.45) is 5.68. The normalized spacial score (nSPS) is 20.8. The van der Waals surface area contributed by atoms with E-state index in [-0.39, 0.29) is 23.3 Å². The van der Waals surface area contributed by atoms with Gasteiger partial charge in [-0.1, -0.05) is 6.42 Å².